The summed E-state index contributed by atoms with van der Waals surface area (Å²) in [7, 11) is 0. The van der Waals surface area contributed by atoms with Crippen molar-refractivity contribution in [3.8, 4) is 6.07 Å². The molecule has 0 aliphatic rings. The van der Waals surface area contributed by atoms with Crippen molar-refractivity contribution in [2.75, 3.05) is 5.73 Å². The molecule has 0 atom stereocenters. The number of nitriles is 1. The molecule has 0 fully saturated rings. The Kier molecular flexibility index (Phi) is 3.63. The van der Waals surface area contributed by atoms with Gasteiger partial charge in [0.2, 0.25) is 11.5 Å². The number of hydrogen-bond donors (Lipinski definition) is 1. The molecule has 0 aliphatic carbocycles. The zero-order chi connectivity index (χ0) is 18.3. The van der Waals surface area contributed by atoms with Gasteiger partial charge in [0.25, 0.3) is 11.2 Å². The number of hydrogen-bond acceptors (Lipinski definition) is 4. The highest BCUT2D eigenvalue weighted by Crippen LogP contribution is 2.14. The van der Waals surface area contributed by atoms with E-state index in [9.17, 15) is 10.1 Å². The standard InChI is InChI=1S/C20H15N5O/c1-13-5-7-14(8-6-13)12-25-18(22)15(11-21)10-16-19(25)23-17-4-2-3-9-24(17)20(16)26/h2-10,22H,12H2,1H3/p+1. The summed E-state index contributed by atoms with van der Waals surface area (Å²) in [4.78, 5) is 17.5. The number of nitrogens with two attached hydrogens (primary N) is 1. The molecule has 1 aromatic carbocycles. The number of aromatic nitrogens is 3. The minimum atomic E-state index is -0.222. The summed E-state index contributed by atoms with van der Waals surface area (Å²) < 4.78 is 3.20. The summed E-state index contributed by atoms with van der Waals surface area (Å²) in [6.07, 6.45) is 1.66. The summed E-state index contributed by atoms with van der Waals surface area (Å²) in [6.45, 7) is 2.44. The molecule has 126 valence electrons. The quantitative estimate of drug-likeness (QED) is 0.445. The van der Waals surface area contributed by atoms with E-state index < -0.39 is 0 Å². The van der Waals surface area contributed by atoms with Crippen LogP contribution in [-0.2, 0) is 6.54 Å². The van der Waals surface area contributed by atoms with Crippen LogP contribution in [0.25, 0.3) is 16.7 Å². The summed E-state index contributed by atoms with van der Waals surface area (Å²) in [5, 5.41) is 9.80. The first-order chi connectivity index (χ1) is 12.6. The maximum Gasteiger partial charge on any atom is 0.278 e. The fourth-order valence-corrected chi connectivity index (χ4v) is 3.03. The van der Waals surface area contributed by atoms with E-state index in [4.69, 9.17) is 5.73 Å². The highest BCUT2D eigenvalue weighted by molar-refractivity contribution is 5.76. The van der Waals surface area contributed by atoms with Gasteiger partial charge in [0.15, 0.2) is 0 Å². The van der Waals surface area contributed by atoms with Crippen LogP contribution in [0, 0.1) is 18.3 Å². The molecule has 6 heteroatoms. The summed E-state index contributed by atoms with van der Waals surface area (Å²) in [6, 6.07) is 17.0. The maximum atomic E-state index is 12.9. The highest BCUT2D eigenvalue weighted by Gasteiger charge is 2.21. The van der Waals surface area contributed by atoms with Gasteiger partial charge in [0.1, 0.15) is 17.0 Å². The molecule has 0 bridgehead atoms. The van der Waals surface area contributed by atoms with Gasteiger partial charge in [-0.3, -0.25) is 9.20 Å². The van der Waals surface area contributed by atoms with Crippen molar-refractivity contribution in [3.63, 3.8) is 0 Å². The van der Waals surface area contributed by atoms with Gasteiger partial charge in [-0.15, -0.1) is 0 Å². The number of benzene rings is 1. The van der Waals surface area contributed by atoms with E-state index in [2.05, 4.69) is 11.1 Å². The van der Waals surface area contributed by atoms with Crippen molar-refractivity contribution in [3.05, 3.63) is 81.8 Å². The van der Waals surface area contributed by atoms with Crippen molar-refractivity contribution in [2.24, 2.45) is 0 Å². The van der Waals surface area contributed by atoms with Crippen LogP contribution in [0.15, 0.2) is 59.5 Å². The topological polar surface area (TPSA) is 88.1 Å². The monoisotopic (exact) mass is 342 g/mol. The number of pyridine rings is 2. The van der Waals surface area contributed by atoms with E-state index in [0.717, 1.165) is 11.1 Å². The van der Waals surface area contributed by atoms with Gasteiger partial charge in [-0.2, -0.15) is 5.26 Å². The number of fused-ring (bicyclic) bond motifs is 2. The Labute approximate surface area is 149 Å². The average molecular weight is 342 g/mol. The average Bonchev–Trinajstić information content (AvgIpc) is 2.66. The molecule has 0 saturated heterocycles. The Morgan fingerprint density at radius 2 is 2.00 bits per heavy atom. The van der Waals surface area contributed by atoms with Gasteiger partial charge in [-0.1, -0.05) is 40.9 Å². The molecule has 3 heterocycles. The predicted octanol–water partition coefficient (Wildman–Crippen LogP) is 1.95. The Morgan fingerprint density at radius 3 is 2.73 bits per heavy atom. The molecule has 4 rings (SSSR count). The number of nitrogen functional groups attached to an aromatic ring is 1. The molecule has 0 aliphatic heterocycles. The van der Waals surface area contributed by atoms with Gasteiger partial charge in [0, 0.05) is 6.20 Å². The molecular weight excluding hydrogens is 326 g/mol. The SMILES string of the molecule is Cc1ccc(C[n+]2c(N)c(C#N)cc3c(=O)n4ccccc4nc32)cc1. The van der Waals surface area contributed by atoms with Crippen molar-refractivity contribution < 1.29 is 4.57 Å². The minimum absolute atomic E-state index is 0.222. The van der Waals surface area contributed by atoms with Gasteiger partial charge in [0.05, 0.1) is 6.54 Å². The molecule has 0 unspecified atom stereocenters. The van der Waals surface area contributed by atoms with E-state index in [0.29, 0.717) is 29.0 Å². The van der Waals surface area contributed by atoms with Crippen LogP contribution in [0.2, 0.25) is 0 Å². The smallest absolute Gasteiger partial charge is 0.278 e. The van der Waals surface area contributed by atoms with Gasteiger partial charge in [-0.25, -0.2) is 4.57 Å². The summed E-state index contributed by atoms with van der Waals surface area (Å²) >= 11 is 0. The fourth-order valence-electron chi connectivity index (χ4n) is 3.03. The van der Waals surface area contributed by atoms with Gasteiger partial charge >= 0.3 is 0 Å². The minimum Gasteiger partial charge on any atom is -0.317 e. The number of aryl methyl sites for hydroxylation is 1. The lowest BCUT2D eigenvalue weighted by atomic mass is 10.1. The van der Waals surface area contributed by atoms with Crippen LogP contribution in [0.5, 0.6) is 0 Å². The van der Waals surface area contributed by atoms with Crippen LogP contribution >= 0.6 is 0 Å². The molecule has 26 heavy (non-hydrogen) atoms. The number of anilines is 1. The normalized spacial score (nSPS) is 10.9. The first-order valence-electron chi connectivity index (χ1n) is 8.17. The second-order valence-corrected chi connectivity index (χ2v) is 6.21. The van der Waals surface area contributed by atoms with Crippen molar-refractivity contribution in [1.29, 1.82) is 5.26 Å². The second-order valence-electron chi connectivity index (χ2n) is 6.21. The zero-order valence-corrected chi connectivity index (χ0v) is 14.2. The second kappa shape index (κ2) is 5.97. The van der Waals surface area contributed by atoms with Crippen molar-refractivity contribution in [2.45, 2.75) is 13.5 Å². The third-order valence-corrected chi connectivity index (χ3v) is 4.44. The van der Waals surface area contributed by atoms with Crippen LogP contribution in [-0.4, -0.2) is 9.38 Å². The van der Waals surface area contributed by atoms with E-state index in [1.54, 1.807) is 22.9 Å². The maximum absolute atomic E-state index is 12.9. The van der Waals surface area contributed by atoms with E-state index in [1.165, 1.54) is 10.5 Å². The lowest BCUT2D eigenvalue weighted by Gasteiger charge is -2.10. The molecular formula is C20H16N5O+. The highest BCUT2D eigenvalue weighted by atomic mass is 16.1. The third kappa shape index (κ3) is 2.47. The predicted molar refractivity (Wildman–Crippen MR) is 98.6 cm³/mol. The number of nitrogens with zero attached hydrogens (tertiary/aromatic N) is 4. The fraction of sp³-hybridized carbons (Fsp3) is 0.100. The molecule has 0 spiro atoms. The van der Waals surface area contributed by atoms with Gasteiger partial charge < -0.3 is 5.73 Å². The van der Waals surface area contributed by atoms with Crippen LogP contribution in [0.4, 0.5) is 5.82 Å². The van der Waals surface area contributed by atoms with Crippen LogP contribution in [0.1, 0.15) is 16.7 Å². The van der Waals surface area contributed by atoms with Crippen molar-refractivity contribution in [1.82, 2.24) is 9.38 Å². The molecule has 6 nitrogen and oxygen atoms in total. The summed E-state index contributed by atoms with van der Waals surface area (Å²) in [5.41, 5.74) is 9.44. The lowest BCUT2D eigenvalue weighted by Crippen LogP contribution is -2.41. The Balaban J connectivity index is 2.06. The lowest BCUT2D eigenvalue weighted by molar-refractivity contribution is -0.649. The van der Waals surface area contributed by atoms with E-state index in [-0.39, 0.29) is 11.1 Å². The molecule has 0 amide bonds. The van der Waals surface area contributed by atoms with E-state index >= 15 is 0 Å². The van der Waals surface area contributed by atoms with E-state index in [1.807, 2.05) is 37.3 Å². The van der Waals surface area contributed by atoms with Gasteiger partial charge in [-0.05, 0) is 30.7 Å². The Hall–Kier alpha value is -3.72. The van der Waals surface area contributed by atoms with Crippen molar-refractivity contribution >= 4 is 22.5 Å². The molecule has 3 aromatic heterocycles. The Bertz CT molecular complexity index is 1250. The first kappa shape index (κ1) is 15.8. The third-order valence-electron chi connectivity index (χ3n) is 4.44. The number of rotatable bonds is 2. The van der Waals surface area contributed by atoms with Crippen LogP contribution in [0.3, 0.4) is 0 Å². The summed E-state index contributed by atoms with van der Waals surface area (Å²) in [5.74, 6) is 0.299. The van der Waals surface area contributed by atoms with Crippen LogP contribution < -0.4 is 15.9 Å². The molecule has 2 N–H and O–H groups in total. The molecule has 4 aromatic rings. The molecule has 0 radical (unpaired) electrons. The first-order valence-corrected chi connectivity index (χ1v) is 8.17. The largest absolute Gasteiger partial charge is 0.317 e. The molecule has 0 saturated carbocycles. The zero-order valence-electron chi connectivity index (χ0n) is 14.2. The Morgan fingerprint density at radius 1 is 1.23 bits per heavy atom.